The molecule has 5 heteroatoms. The van der Waals surface area contributed by atoms with E-state index in [0.717, 1.165) is 26.1 Å². The normalized spacial score (nSPS) is 18.0. The van der Waals surface area contributed by atoms with Crippen molar-refractivity contribution in [2.24, 2.45) is 0 Å². The van der Waals surface area contributed by atoms with Crippen LogP contribution in [0.4, 0.5) is 0 Å². The summed E-state index contributed by atoms with van der Waals surface area (Å²) in [5.74, 6) is 0.00577. The lowest BCUT2D eigenvalue weighted by Crippen LogP contribution is -2.48. The van der Waals surface area contributed by atoms with Gasteiger partial charge in [-0.25, -0.2) is 0 Å². The van der Waals surface area contributed by atoms with Gasteiger partial charge in [0.2, 0.25) is 0 Å². The molecule has 2 N–H and O–H groups in total. The molecule has 1 fully saturated rings. The predicted octanol–water partition coefficient (Wildman–Crippen LogP) is 2.07. The molecule has 1 heterocycles. The van der Waals surface area contributed by atoms with Crippen LogP contribution in [0.5, 0.6) is 5.75 Å². The van der Waals surface area contributed by atoms with Crippen molar-refractivity contribution in [2.75, 3.05) is 32.8 Å². The molecule has 0 bridgehead atoms. The maximum absolute atomic E-state index is 12.1. The molecular formula is C20H24N2O3. The molecule has 5 nitrogen and oxygen atoms in total. The smallest absolute Gasteiger partial charge is 0.251 e. The van der Waals surface area contributed by atoms with Crippen molar-refractivity contribution in [1.82, 2.24) is 10.2 Å². The van der Waals surface area contributed by atoms with E-state index in [4.69, 9.17) is 4.74 Å². The number of amides is 1. The van der Waals surface area contributed by atoms with E-state index >= 15 is 0 Å². The summed E-state index contributed by atoms with van der Waals surface area (Å²) in [5.41, 5.74) is 1.88. The van der Waals surface area contributed by atoms with Crippen molar-refractivity contribution < 1.29 is 14.6 Å². The molecule has 0 radical (unpaired) electrons. The van der Waals surface area contributed by atoms with Crippen LogP contribution in [0.2, 0.25) is 0 Å². The molecule has 1 aliphatic rings. The van der Waals surface area contributed by atoms with E-state index in [1.165, 1.54) is 17.7 Å². The highest BCUT2D eigenvalue weighted by atomic mass is 16.5. The van der Waals surface area contributed by atoms with Crippen LogP contribution in [0.3, 0.4) is 0 Å². The molecule has 3 rings (SSSR count). The maximum Gasteiger partial charge on any atom is 0.251 e. The fourth-order valence-corrected chi connectivity index (χ4v) is 2.96. The van der Waals surface area contributed by atoms with Crippen LogP contribution in [0, 0.1) is 0 Å². The van der Waals surface area contributed by atoms with Gasteiger partial charge in [-0.3, -0.25) is 9.69 Å². The van der Waals surface area contributed by atoms with E-state index in [9.17, 15) is 9.90 Å². The number of nitrogens with one attached hydrogen (secondary N) is 1. The van der Waals surface area contributed by atoms with Crippen molar-refractivity contribution in [3.05, 3.63) is 65.7 Å². The summed E-state index contributed by atoms with van der Waals surface area (Å²) in [6, 6.07) is 16.7. The highest BCUT2D eigenvalue weighted by molar-refractivity contribution is 5.94. The van der Waals surface area contributed by atoms with Crippen LogP contribution in [-0.4, -0.2) is 54.8 Å². The number of benzene rings is 2. The Morgan fingerprint density at radius 1 is 1.16 bits per heavy atom. The first kappa shape index (κ1) is 17.5. The second-order valence-corrected chi connectivity index (χ2v) is 6.29. The van der Waals surface area contributed by atoms with E-state index in [-0.39, 0.29) is 17.8 Å². The number of rotatable bonds is 6. The molecule has 25 heavy (non-hydrogen) atoms. The lowest BCUT2D eigenvalue weighted by atomic mass is 10.1. The van der Waals surface area contributed by atoms with Gasteiger partial charge in [0.15, 0.2) is 0 Å². The lowest BCUT2D eigenvalue weighted by molar-refractivity contribution is -0.0259. The minimum atomic E-state index is -0.148. The van der Waals surface area contributed by atoms with Crippen molar-refractivity contribution in [1.29, 1.82) is 0 Å². The molecule has 132 valence electrons. The number of aromatic hydroxyl groups is 1. The highest BCUT2D eigenvalue weighted by Crippen LogP contribution is 2.10. The molecule has 2 aromatic rings. The Morgan fingerprint density at radius 2 is 1.92 bits per heavy atom. The molecule has 0 spiro atoms. The molecule has 0 aliphatic carbocycles. The number of hydrogen-bond donors (Lipinski definition) is 2. The molecule has 1 amide bonds. The number of carbonyl (C=O) groups is 1. The van der Waals surface area contributed by atoms with Gasteiger partial charge in [0, 0.05) is 31.7 Å². The number of phenolic OH excluding ortho intramolecular Hbond substituents is 1. The van der Waals surface area contributed by atoms with Gasteiger partial charge < -0.3 is 15.2 Å². The first-order valence-electron chi connectivity index (χ1n) is 8.66. The molecule has 0 saturated carbocycles. The highest BCUT2D eigenvalue weighted by Gasteiger charge is 2.21. The minimum absolute atomic E-state index is 0.00517. The number of morpholine rings is 1. The number of hydrogen-bond acceptors (Lipinski definition) is 4. The molecule has 1 aliphatic heterocycles. The van der Waals surface area contributed by atoms with Gasteiger partial charge in [0.1, 0.15) is 5.75 Å². The number of phenols is 1. The van der Waals surface area contributed by atoms with Crippen LogP contribution in [0.1, 0.15) is 15.9 Å². The Bertz CT molecular complexity index is 673. The summed E-state index contributed by atoms with van der Waals surface area (Å²) < 4.78 is 5.77. The van der Waals surface area contributed by atoms with Gasteiger partial charge in [-0.1, -0.05) is 30.3 Å². The Kier molecular flexibility index (Phi) is 6.04. The Labute approximate surface area is 148 Å². The van der Waals surface area contributed by atoms with Gasteiger partial charge in [0.25, 0.3) is 5.91 Å². The summed E-state index contributed by atoms with van der Waals surface area (Å²) in [6.07, 6.45) is 1.03. The molecule has 1 unspecified atom stereocenters. The molecule has 2 aromatic carbocycles. The number of nitrogens with zero attached hydrogens (tertiary/aromatic N) is 1. The quantitative estimate of drug-likeness (QED) is 0.845. The van der Waals surface area contributed by atoms with Crippen LogP contribution in [0.15, 0.2) is 54.6 Å². The van der Waals surface area contributed by atoms with E-state index in [0.29, 0.717) is 18.7 Å². The monoisotopic (exact) mass is 340 g/mol. The van der Waals surface area contributed by atoms with Gasteiger partial charge in [-0.15, -0.1) is 0 Å². The van der Waals surface area contributed by atoms with Crippen LogP contribution in [0.25, 0.3) is 0 Å². The minimum Gasteiger partial charge on any atom is -0.508 e. The van der Waals surface area contributed by atoms with Crippen molar-refractivity contribution in [3.8, 4) is 5.75 Å². The van der Waals surface area contributed by atoms with Gasteiger partial charge in [-0.2, -0.15) is 0 Å². The Balaban J connectivity index is 1.43. The summed E-state index contributed by atoms with van der Waals surface area (Å²) in [6.45, 7) is 3.92. The lowest BCUT2D eigenvalue weighted by Gasteiger charge is -2.33. The predicted molar refractivity (Wildman–Crippen MR) is 96.8 cm³/mol. The molecule has 0 aromatic heterocycles. The van der Waals surface area contributed by atoms with Crippen molar-refractivity contribution >= 4 is 5.91 Å². The fraction of sp³-hybridized carbons (Fsp3) is 0.350. The fourth-order valence-electron chi connectivity index (χ4n) is 2.96. The molecular weight excluding hydrogens is 316 g/mol. The third-order valence-corrected chi connectivity index (χ3v) is 4.40. The van der Waals surface area contributed by atoms with Crippen LogP contribution in [-0.2, 0) is 11.2 Å². The Hall–Kier alpha value is -2.37. The zero-order valence-electron chi connectivity index (χ0n) is 14.2. The first-order valence-corrected chi connectivity index (χ1v) is 8.66. The summed E-state index contributed by atoms with van der Waals surface area (Å²) >= 11 is 0. The van der Waals surface area contributed by atoms with Crippen LogP contribution < -0.4 is 5.32 Å². The van der Waals surface area contributed by atoms with Crippen molar-refractivity contribution in [2.45, 2.75) is 12.5 Å². The van der Waals surface area contributed by atoms with Gasteiger partial charge in [-0.05, 0) is 36.2 Å². The van der Waals surface area contributed by atoms with Crippen LogP contribution >= 0.6 is 0 Å². The second kappa shape index (κ2) is 8.65. The number of carbonyl (C=O) groups excluding carboxylic acids is 1. The largest absolute Gasteiger partial charge is 0.508 e. The van der Waals surface area contributed by atoms with E-state index in [1.807, 2.05) is 6.07 Å². The van der Waals surface area contributed by atoms with E-state index in [1.54, 1.807) is 12.1 Å². The second-order valence-electron chi connectivity index (χ2n) is 6.29. The SMILES string of the molecule is O=C(NCC1CN(CCc2ccccc2)CCO1)c1ccc(O)cc1. The first-order chi connectivity index (χ1) is 12.2. The van der Waals surface area contributed by atoms with E-state index in [2.05, 4.69) is 34.5 Å². The average molecular weight is 340 g/mol. The third-order valence-electron chi connectivity index (χ3n) is 4.40. The molecule has 1 atom stereocenters. The zero-order valence-corrected chi connectivity index (χ0v) is 14.2. The zero-order chi connectivity index (χ0) is 17.5. The summed E-state index contributed by atoms with van der Waals surface area (Å²) in [5, 5.41) is 12.2. The third kappa shape index (κ3) is 5.31. The average Bonchev–Trinajstić information content (AvgIpc) is 2.66. The summed E-state index contributed by atoms with van der Waals surface area (Å²) in [7, 11) is 0. The van der Waals surface area contributed by atoms with Gasteiger partial charge >= 0.3 is 0 Å². The standard InChI is InChI=1S/C20H24N2O3/c23-18-8-6-17(7-9-18)20(24)21-14-19-15-22(12-13-25-19)11-10-16-4-2-1-3-5-16/h1-9,19,23H,10-15H2,(H,21,24). The van der Waals surface area contributed by atoms with Crippen molar-refractivity contribution in [3.63, 3.8) is 0 Å². The topological polar surface area (TPSA) is 61.8 Å². The summed E-state index contributed by atoms with van der Waals surface area (Å²) in [4.78, 5) is 14.5. The van der Waals surface area contributed by atoms with E-state index < -0.39 is 0 Å². The van der Waals surface area contributed by atoms with Gasteiger partial charge in [0.05, 0.1) is 12.7 Å². The Morgan fingerprint density at radius 3 is 2.68 bits per heavy atom. The molecule has 1 saturated heterocycles. The maximum atomic E-state index is 12.1. The number of ether oxygens (including phenoxy) is 1.